The van der Waals surface area contributed by atoms with Gasteiger partial charge in [-0.1, -0.05) is 62.4 Å². The average Bonchev–Trinajstić information content (AvgIpc) is 2.59. The number of amides is 1. The minimum atomic E-state index is -0.0695. The Labute approximate surface area is 151 Å². The molecule has 0 aromatic heterocycles. The standard InChI is InChI=1S/C22H28N2O/c1-17(2)19-12-9-18(10-13-19)11-14-22(25)23-15-20-7-5-6-8-21(20)16-24(3)4/h5-14,17H,15-16H2,1-4H3,(H,23,25)/p+1/b14-11+. The van der Waals surface area contributed by atoms with Gasteiger partial charge in [0, 0.05) is 18.2 Å². The predicted molar refractivity (Wildman–Crippen MR) is 104 cm³/mol. The highest BCUT2D eigenvalue weighted by Gasteiger charge is 2.06. The van der Waals surface area contributed by atoms with E-state index in [1.807, 2.05) is 30.3 Å². The van der Waals surface area contributed by atoms with E-state index >= 15 is 0 Å². The lowest BCUT2D eigenvalue weighted by molar-refractivity contribution is -0.872. The van der Waals surface area contributed by atoms with Crippen LogP contribution in [0.2, 0.25) is 0 Å². The van der Waals surface area contributed by atoms with Crippen molar-refractivity contribution in [3.63, 3.8) is 0 Å². The minimum absolute atomic E-state index is 0.0695. The molecule has 2 aromatic rings. The fourth-order valence-corrected chi connectivity index (χ4v) is 2.69. The monoisotopic (exact) mass is 337 g/mol. The van der Waals surface area contributed by atoms with Crippen LogP contribution < -0.4 is 10.2 Å². The molecule has 0 bridgehead atoms. The van der Waals surface area contributed by atoms with Crippen molar-refractivity contribution in [3.05, 3.63) is 76.9 Å². The van der Waals surface area contributed by atoms with Crippen LogP contribution in [0.3, 0.4) is 0 Å². The second-order valence-corrected chi connectivity index (χ2v) is 7.03. The molecule has 3 nitrogen and oxygen atoms in total. The Balaban J connectivity index is 1.92. The van der Waals surface area contributed by atoms with Gasteiger partial charge in [-0.25, -0.2) is 0 Å². The number of carbonyl (C=O) groups excluding carboxylic acids is 1. The lowest BCUT2D eigenvalue weighted by atomic mass is 10.0. The predicted octanol–water partition coefficient (Wildman–Crippen LogP) is 2.78. The van der Waals surface area contributed by atoms with Gasteiger partial charge in [0.25, 0.3) is 0 Å². The van der Waals surface area contributed by atoms with E-state index in [9.17, 15) is 4.79 Å². The van der Waals surface area contributed by atoms with Gasteiger partial charge in [-0.3, -0.25) is 4.79 Å². The first-order valence-corrected chi connectivity index (χ1v) is 8.87. The van der Waals surface area contributed by atoms with Crippen LogP contribution in [-0.4, -0.2) is 20.0 Å². The van der Waals surface area contributed by atoms with E-state index in [0.717, 1.165) is 12.1 Å². The van der Waals surface area contributed by atoms with Gasteiger partial charge in [-0.2, -0.15) is 0 Å². The highest BCUT2D eigenvalue weighted by atomic mass is 16.1. The quantitative estimate of drug-likeness (QED) is 0.749. The number of quaternary nitrogens is 1. The van der Waals surface area contributed by atoms with Gasteiger partial charge in [-0.05, 0) is 28.7 Å². The zero-order valence-electron chi connectivity index (χ0n) is 15.7. The number of rotatable bonds is 7. The lowest BCUT2D eigenvalue weighted by Crippen LogP contribution is -3.04. The molecule has 2 rings (SSSR count). The highest BCUT2D eigenvalue weighted by molar-refractivity contribution is 5.91. The Morgan fingerprint density at radius 2 is 1.68 bits per heavy atom. The molecule has 2 aromatic carbocycles. The number of hydrogen-bond donors (Lipinski definition) is 2. The van der Waals surface area contributed by atoms with Crippen LogP contribution in [0.15, 0.2) is 54.6 Å². The molecule has 1 amide bonds. The third-order valence-corrected chi connectivity index (χ3v) is 4.15. The number of carbonyl (C=O) groups is 1. The van der Waals surface area contributed by atoms with Crippen molar-refractivity contribution in [2.45, 2.75) is 32.9 Å². The van der Waals surface area contributed by atoms with Gasteiger partial charge in [0.1, 0.15) is 6.54 Å². The Hall–Kier alpha value is -2.39. The maximum Gasteiger partial charge on any atom is 0.244 e. The number of hydrogen-bond acceptors (Lipinski definition) is 1. The van der Waals surface area contributed by atoms with E-state index in [4.69, 9.17) is 0 Å². The third kappa shape index (κ3) is 6.20. The van der Waals surface area contributed by atoms with Crippen LogP contribution in [0.4, 0.5) is 0 Å². The van der Waals surface area contributed by atoms with Crippen molar-refractivity contribution in [1.29, 1.82) is 0 Å². The smallest absolute Gasteiger partial charge is 0.244 e. The maximum absolute atomic E-state index is 12.1. The summed E-state index contributed by atoms with van der Waals surface area (Å²) in [6, 6.07) is 16.6. The summed E-state index contributed by atoms with van der Waals surface area (Å²) in [6.45, 7) is 5.85. The molecular formula is C22H29N2O+. The topological polar surface area (TPSA) is 33.5 Å². The normalized spacial score (nSPS) is 11.4. The Kier molecular flexibility index (Phi) is 6.96. The zero-order valence-corrected chi connectivity index (χ0v) is 15.7. The van der Waals surface area contributed by atoms with E-state index in [0.29, 0.717) is 12.5 Å². The molecule has 25 heavy (non-hydrogen) atoms. The van der Waals surface area contributed by atoms with Crippen LogP contribution in [0.5, 0.6) is 0 Å². The molecule has 0 saturated carbocycles. The first kappa shape index (κ1) is 18.9. The van der Waals surface area contributed by atoms with Crippen LogP contribution >= 0.6 is 0 Å². The summed E-state index contributed by atoms with van der Waals surface area (Å²) in [7, 11) is 4.26. The van der Waals surface area contributed by atoms with Crippen molar-refractivity contribution in [2.24, 2.45) is 0 Å². The molecule has 0 saturated heterocycles. The molecule has 0 aliphatic carbocycles. The lowest BCUT2D eigenvalue weighted by Gasteiger charge is -2.12. The summed E-state index contributed by atoms with van der Waals surface area (Å²) in [5.74, 6) is 0.449. The molecule has 0 spiro atoms. The van der Waals surface area contributed by atoms with Gasteiger partial charge >= 0.3 is 0 Å². The Morgan fingerprint density at radius 1 is 1.04 bits per heavy atom. The van der Waals surface area contributed by atoms with Gasteiger partial charge in [0.2, 0.25) is 5.91 Å². The molecule has 0 radical (unpaired) electrons. The summed E-state index contributed by atoms with van der Waals surface area (Å²) in [5.41, 5.74) is 4.79. The fourth-order valence-electron chi connectivity index (χ4n) is 2.69. The van der Waals surface area contributed by atoms with Crippen LogP contribution in [0.1, 0.15) is 42.0 Å². The Bertz CT molecular complexity index is 715. The van der Waals surface area contributed by atoms with E-state index in [2.05, 4.69) is 57.5 Å². The average molecular weight is 337 g/mol. The summed E-state index contributed by atoms with van der Waals surface area (Å²) in [5, 5.41) is 2.98. The van der Waals surface area contributed by atoms with Gasteiger partial charge < -0.3 is 10.2 Å². The molecule has 2 N–H and O–H groups in total. The van der Waals surface area contributed by atoms with E-state index in [1.54, 1.807) is 6.08 Å². The summed E-state index contributed by atoms with van der Waals surface area (Å²) < 4.78 is 0. The second-order valence-electron chi connectivity index (χ2n) is 7.03. The first-order valence-electron chi connectivity index (χ1n) is 8.87. The minimum Gasteiger partial charge on any atom is -0.348 e. The molecule has 0 aliphatic rings. The van der Waals surface area contributed by atoms with Crippen LogP contribution in [-0.2, 0) is 17.9 Å². The SMILES string of the molecule is CC(C)c1ccc(/C=C/C(=O)NCc2ccccc2C[NH+](C)C)cc1. The molecule has 0 unspecified atom stereocenters. The molecule has 132 valence electrons. The van der Waals surface area contributed by atoms with Crippen molar-refractivity contribution < 1.29 is 9.69 Å². The molecule has 0 fully saturated rings. The fraction of sp³-hybridized carbons (Fsp3) is 0.318. The number of benzene rings is 2. The molecular weight excluding hydrogens is 308 g/mol. The van der Waals surface area contributed by atoms with Gasteiger partial charge in [-0.15, -0.1) is 0 Å². The van der Waals surface area contributed by atoms with E-state index < -0.39 is 0 Å². The van der Waals surface area contributed by atoms with Crippen molar-refractivity contribution in [1.82, 2.24) is 5.32 Å². The van der Waals surface area contributed by atoms with Gasteiger partial charge in [0.05, 0.1) is 14.1 Å². The highest BCUT2D eigenvalue weighted by Crippen LogP contribution is 2.15. The second kappa shape index (κ2) is 9.19. The summed E-state index contributed by atoms with van der Waals surface area (Å²) in [4.78, 5) is 13.5. The van der Waals surface area contributed by atoms with Crippen LogP contribution in [0.25, 0.3) is 6.08 Å². The zero-order chi connectivity index (χ0) is 18.2. The third-order valence-electron chi connectivity index (χ3n) is 4.15. The van der Waals surface area contributed by atoms with Crippen molar-refractivity contribution >= 4 is 12.0 Å². The summed E-state index contributed by atoms with van der Waals surface area (Å²) in [6.07, 6.45) is 3.46. The molecule has 0 aliphatic heterocycles. The molecule has 3 heteroatoms. The first-order chi connectivity index (χ1) is 12.0. The largest absolute Gasteiger partial charge is 0.348 e. The molecule has 0 heterocycles. The van der Waals surface area contributed by atoms with Crippen molar-refractivity contribution in [2.75, 3.05) is 14.1 Å². The van der Waals surface area contributed by atoms with E-state index in [-0.39, 0.29) is 5.91 Å². The summed E-state index contributed by atoms with van der Waals surface area (Å²) >= 11 is 0. The van der Waals surface area contributed by atoms with Crippen LogP contribution in [0, 0.1) is 0 Å². The Morgan fingerprint density at radius 3 is 2.28 bits per heavy atom. The van der Waals surface area contributed by atoms with Crippen molar-refractivity contribution in [3.8, 4) is 0 Å². The number of nitrogens with one attached hydrogen (secondary N) is 2. The maximum atomic E-state index is 12.1. The molecule has 0 atom stereocenters. The van der Waals surface area contributed by atoms with E-state index in [1.165, 1.54) is 21.6 Å². The van der Waals surface area contributed by atoms with Gasteiger partial charge in [0.15, 0.2) is 0 Å².